The molecule has 2 rings (SSSR count). The van der Waals surface area contributed by atoms with Crippen molar-refractivity contribution in [1.29, 1.82) is 0 Å². The molecule has 1 aliphatic heterocycles. The molecular weight excluding hydrogens is 282 g/mol. The summed E-state index contributed by atoms with van der Waals surface area (Å²) in [6.45, 7) is 9.36. The number of rotatable bonds is 4. The predicted molar refractivity (Wildman–Crippen MR) is 82.9 cm³/mol. The van der Waals surface area contributed by atoms with E-state index in [0.29, 0.717) is 31.7 Å². The molecule has 1 aromatic heterocycles. The van der Waals surface area contributed by atoms with Crippen LogP contribution in [0, 0.1) is 6.92 Å². The normalized spacial score (nSPS) is 21.0. The second-order valence-electron chi connectivity index (χ2n) is 6.34. The number of hydrogen-bond donors (Lipinski definition) is 0. The monoisotopic (exact) mass is 307 g/mol. The standard InChI is InChI=1S/C16H25N3O3/c1-6-14-13(7-11(2)17-18-14)15(20)19-8-12(9-21-5)22-16(3,4)10-19/h7,12H,6,8-10H2,1-5H3. The summed E-state index contributed by atoms with van der Waals surface area (Å²) in [7, 11) is 1.64. The smallest absolute Gasteiger partial charge is 0.256 e. The highest BCUT2D eigenvalue weighted by atomic mass is 16.5. The van der Waals surface area contributed by atoms with Gasteiger partial charge in [0.2, 0.25) is 0 Å². The molecule has 0 spiro atoms. The van der Waals surface area contributed by atoms with Crippen LogP contribution in [-0.2, 0) is 15.9 Å². The van der Waals surface area contributed by atoms with E-state index in [4.69, 9.17) is 9.47 Å². The van der Waals surface area contributed by atoms with Gasteiger partial charge in [-0.2, -0.15) is 10.2 Å². The van der Waals surface area contributed by atoms with Crippen molar-refractivity contribution in [2.24, 2.45) is 0 Å². The zero-order valence-electron chi connectivity index (χ0n) is 14.0. The Hall–Kier alpha value is -1.53. The van der Waals surface area contributed by atoms with Crippen molar-refractivity contribution in [3.8, 4) is 0 Å². The summed E-state index contributed by atoms with van der Waals surface area (Å²) in [6, 6.07) is 1.82. The average molecular weight is 307 g/mol. The first-order chi connectivity index (χ1) is 10.4. The molecule has 6 heteroatoms. The second-order valence-corrected chi connectivity index (χ2v) is 6.34. The first kappa shape index (κ1) is 16.8. The van der Waals surface area contributed by atoms with Gasteiger partial charge in [-0.05, 0) is 33.3 Å². The highest BCUT2D eigenvalue weighted by molar-refractivity contribution is 5.95. The molecule has 0 bridgehead atoms. The SMILES string of the molecule is CCc1nnc(C)cc1C(=O)N1CC(COC)OC(C)(C)C1. The Morgan fingerprint density at radius 1 is 1.50 bits per heavy atom. The van der Waals surface area contributed by atoms with Gasteiger partial charge in [-0.3, -0.25) is 4.79 Å². The van der Waals surface area contributed by atoms with Crippen LogP contribution >= 0.6 is 0 Å². The van der Waals surface area contributed by atoms with E-state index in [0.717, 1.165) is 11.4 Å². The second kappa shape index (κ2) is 6.71. The van der Waals surface area contributed by atoms with Crippen LogP contribution in [-0.4, -0.2) is 59.5 Å². The molecule has 1 fully saturated rings. The van der Waals surface area contributed by atoms with Gasteiger partial charge < -0.3 is 14.4 Å². The lowest BCUT2D eigenvalue weighted by Crippen LogP contribution is -2.55. The van der Waals surface area contributed by atoms with Crippen LogP contribution in [0.2, 0.25) is 0 Å². The lowest BCUT2D eigenvalue weighted by Gasteiger charge is -2.42. The van der Waals surface area contributed by atoms with Crippen LogP contribution in [0.5, 0.6) is 0 Å². The fourth-order valence-corrected chi connectivity index (χ4v) is 2.85. The van der Waals surface area contributed by atoms with Crippen molar-refractivity contribution >= 4 is 5.91 Å². The number of carbonyl (C=O) groups is 1. The number of aromatic nitrogens is 2. The molecule has 0 aliphatic carbocycles. The topological polar surface area (TPSA) is 64.6 Å². The fraction of sp³-hybridized carbons (Fsp3) is 0.688. The Balaban J connectivity index is 2.26. The Labute approximate surface area is 131 Å². The molecule has 1 aliphatic rings. The Morgan fingerprint density at radius 2 is 2.23 bits per heavy atom. The first-order valence-corrected chi connectivity index (χ1v) is 7.65. The molecule has 0 N–H and O–H groups in total. The number of aryl methyl sites for hydroxylation is 2. The van der Waals surface area contributed by atoms with Gasteiger partial charge in [0.15, 0.2) is 0 Å². The van der Waals surface area contributed by atoms with Crippen LogP contribution in [0.15, 0.2) is 6.07 Å². The van der Waals surface area contributed by atoms with E-state index in [-0.39, 0.29) is 17.6 Å². The van der Waals surface area contributed by atoms with Gasteiger partial charge in [0.05, 0.1) is 35.3 Å². The van der Waals surface area contributed by atoms with Crippen molar-refractivity contribution < 1.29 is 14.3 Å². The van der Waals surface area contributed by atoms with Crippen molar-refractivity contribution in [2.45, 2.75) is 45.8 Å². The van der Waals surface area contributed by atoms with Gasteiger partial charge in [0, 0.05) is 20.2 Å². The molecule has 1 atom stereocenters. The number of hydrogen-bond acceptors (Lipinski definition) is 5. The molecule has 22 heavy (non-hydrogen) atoms. The van der Waals surface area contributed by atoms with E-state index in [9.17, 15) is 4.79 Å². The van der Waals surface area contributed by atoms with Crippen LogP contribution in [0.3, 0.4) is 0 Å². The van der Waals surface area contributed by atoms with Crippen LogP contribution < -0.4 is 0 Å². The lowest BCUT2D eigenvalue weighted by molar-refractivity contribution is -0.143. The molecule has 1 amide bonds. The number of amides is 1. The first-order valence-electron chi connectivity index (χ1n) is 7.65. The number of ether oxygens (including phenoxy) is 2. The summed E-state index contributed by atoms with van der Waals surface area (Å²) in [5.74, 6) is -0.00710. The number of methoxy groups -OCH3 is 1. The fourth-order valence-electron chi connectivity index (χ4n) is 2.85. The molecule has 6 nitrogen and oxygen atoms in total. The van der Waals surface area contributed by atoms with E-state index >= 15 is 0 Å². The number of carbonyl (C=O) groups excluding carboxylic acids is 1. The van der Waals surface area contributed by atoms with Gasteiger partial charge in [0.25, 0.3) is 5.91 Å². The van der Waals surface area contributed by atoms with Crippen molar-refractivity contribution in [1.82, 2.24) is 15.1 Å². The van der Waals surface area contributed by atoms with Crippen molar-refractivity contribution in [3.63, 3.8) is 0 Å². The molecule has 0 saturated carbocycles. The van der Waals surface area contributed by atoms with Crippen LogP contribution in [0.25, 0.3) is 0 Å². The number of morpholine rings is 1. The zero-order valence-corrected chi connectivity index (χ0v) is 14.0. The highest BCUT2D eigenvalue weighted by Crippen LogP contribution is 2.23. The summed E-state index contributed by atoms with van der Waals surface area (Å²) < 4.78 is 11.2. The lowest BCUT2D eigenvalue weighted by atomic mass is 10.0. The van der Waals surface area contributed by atoms with Crippen molar-refractivity contribution in [2.75, 3.05) is 26.8 Å². The summed E-state index contributed by atoms with van der Waals surface area (Å²) in [5, 5.41) is 8.20. The molecule has 122 valence electrons. The molecule has 2 heterocycles. The van der Waals surface area contributed by atoms with E-state index in [1.165, 1.54) is 0 Å². The summed E-state index contributed by atoms with van der Waals surface area (Å²) in [4.78, 5) is 14.8. The molecular formula is C16H25N3O3. The molecule has 1 saturated heterocycles. The van der Waals surface area contributed by atoms with Gasteiger partial charge in [-0.15, -0.1) is 0 Å². The molecule has 0 aromatic carbocycles. The molecule has 0 radical (unpaired) electrons. The van der Waals surface area contributed by atoms with Crippen LogP contribution in [0.1, 0.15) is 42.5 Å². The van der Waals surface area contributed by atoms with E-state index in [1.807, 2.05) is 38.7 Å². The van der Waals surface area contributed by atoms with E-state index in [1.54, 1.807) is 7.11 Å². The minimum Gasteiger partial charge on any atom is -0.382 e. The maximum atomic E-state index is 12.9. The third-order valence-corrected chi connectivity index (χ3v) is 3.68. The summed E-state index contributed by atoms with van der Waals surface area (Å²) >= 11 is 0. The van der Waals surface area contributed by atoms with Gasteiger partial charge in [-0.1, -0.05) is 6.92 Å². The van der Waals surface area contributed by atoms with Gasteiger partial charge in [-0.25, -0.2) is 0 Å². The average Bonchev–Trinajstić information content (AvgIpc) is 2.45. The maximum absolute atomic E-state index is 12.9. The third kappa shape index (κ3) is 3.81. The van der Waals surface area contributed by atoms with Crippen molar-refractivity contribution in [3.05, 3.63) is 23.0 Å². The van der Waals surface area contributed by atoms with E-state index < -0.39 is 0 Å². The van der Waals surface area contributed by atoms with E-state index in [2.05, 4.69) is 10.2 Å². The quantitative estimate of drug-likeness (QED) is 0.845. The zero-order chi connectivity index (χ0) is 16.3. The Kier molecular flexibility index (Phi) is 5.13. The van der Waals surface area contributed by atoms with Crippen LogP contribution in [0.4, 0.5) is 0 Å². The van der Waals surface area contributed by atoms with Gasteiger partial charge >= 0.3 is 0 Å². The minimum absolute atomic E-state index is 0.00710. The molecule has 1 unspecified atom stereocenters. The highest BCUT2D eigenvalue weighted by Gasteiger charge is 2.36. The van der Waals surface area contributed by atoms with Gasteiger partial charge in [0.1, 0.15) is 0 Å². The number of nitrogens with zero attached hydrogens (tertiary/aromatic N) is 3. The minimum atomic E-state index is -0.390. The predicted octanol–water partition coefficient (Wildman–Crippen LogP) is 1.61. The Bertz CT molecular complexity index is 545. The Morgan fingerprint density at radius 3 is 2.86 bits per heavy atom. The molecule has 1 aromatic rings. The third-order valence-electron chi connectivity index (χ3n) is 3.68. The summed E-state index contributed by atoms with van der Waals surface area (Å²) in [5.41, 5.74) is 1.74. The largest absolute Gasteiger partial charge is 0.382 e. The maximum Gasteiger partial charge on any atom is 0.256 e. The summed E-state index contributed by atoms with van der Waals surface area (Å²) in [6.07, 6.45) is 0.572.